The van der Waals surface area contributed by atoms with Crippen LogP contribution < -0.4 is 11.1 Å². The van der Waals surface area contributed by atoms with Crippen LogP contribution in [0.1, 0.15) is 28.8 Å². The summed E-state index contributed by atoms with van der Waals surface area (Å²) < 4.78 is 0. The van der Waals surface area contributed by atoms with E-state index in [0.29, 0.717) is 31.5 Å². The molecule has 5 nitrogen and oxygen atoms in total. The molecule has 110 valence electrons. The van der Waals surface area contributed by atoms with E-state index in [2.05, 4.69) is 17.2 Å². The molecule has 1 aromatic carbocycles. The van der Waals surface area contributed by atoms with Gasteiger partial charge in [0.05, 0.1) is 6.54 Å². The summed E-state index contributed by atoms with van der Waals surface area (Å²) in [5.41, 5.74) is 6.67. The lowest BCUT2D eigenvalue weighted by Gasteiger charge is -2.30. The molecule has 1 heterocycles. The number of benzene rings is 1. The average molecular weight is 285 g/mol. The molecule has 0 saturated carbocycles. The van der Waals surface area contributed by atoms with Gasteiger partial charge >= 0.3 is 0 Å². The molecule has 1 atom stereocenters. The third kappa shape index (κ3) is 4.07. The second-order valence-electron chi connectivity index (χ2n) is 5.07. The Hall–Kier alpha value is -2.32. The van der Waals surface area contributed by atoms with Gasteiger partial charge in [0.1, 0.15) is 0 Å². The SMILES string of the molecule is CN1CC(NC(=O)c2cccc(C#CCN)c2)CCC1=O. The standard InChI is InChI=1S/C16H19N3O2/c1-19-11-14(7-8-15(19)20)18-16(21)13-6-2-4-12(10-13)5-3-9-17/h2,4,6,10,14H,7-9,11,17H2,1H3,(H,18,21). The first-order valence-electron chi connectivity index (χ1n) is 6.94. The molecular weight excluding hydrogens is 266 g/mol. The van der Waals surface area contributed by atoms with Crippen LogP contribution in [0.25, 0.3) is 0 Å². The van der Waals surface area contributed by atoms with Gasteiger partial charge in [-0.15, -0.1) is 0 Å². The summed E-state index contributed by atoms with van der Waals surface area (Å²) in [5.74, 6) is 5.66. The number of nitrogens with two attached hydrogens (primary N) is 1. The third-order valence-corrected chi connectivity index (χ3v) is 3.42. The molecule has 3 N–H and O–H groups in total. The third-order valence-electron chi connectivity index (χ3n) is 3.42. The van der Waals surface area contributed by atoms with Crippen LogP contribution in [0, 0.1) is 11.8 Å². The molecule has 0 aliphatic carbocycles. The van der Waals surface area contributed by atoms with Gasteiger partial charge in [-0.3, -0.25) is 9.59 Å². The van der Waals surface area contributed by atoms with Gasteiger partial charge in [-0.25, -0.2) is 0 Å². The number of rotatable bonds is 2. The monoisotopic (exact) mass is 285 g/mol. The van der Waals surface area contributed by atoms with E-state index in [1.54, 1.807) is 30.1 Å². The molecule has 1 aliphatic rings. The van der Waals surface area contributed by atoms with E-state index >= 15 is 0 Å². The van der Waals surface area contributed by atoms with Crippen LogP contribution in [0.4, 0.5) is 0 Å². The number of likely N-dealkylation sites (N-methyl/N-ethyl adjacent to an activating group) is 1. The zero-order valence-electron chi connectivity index (χ0n) is 12.1. The van der Waals surface area contributed by atoms with Gasteiger partial charge in [-0.05, 0) is 24.6 Å². The van der Waals surface area contributed by atoms with Crippen molar-refractivity contribution < 1.29 is 9.59 Å². The van der Waals surface area contributed by atoms with Crippen molar-refractivity contribution >= 4 is 11.8 Å². The second kappa shape index (κ2) is 6.91. The Balaban J connectivity index is 2.02. The number of nitrogens with zero attached hydrogens (tertiary/aromatic N) is 1. The molecule has 2 rings (SSSR count). The van der Waals surface area contributed by atoms with E-state index in [0.717, 1.165) is 5.56 Å². The summed E-state index contributed by atoms with van der Waals surface area (Å²) in [7, 11) is 1.75. The Kier molecular flexibility index (Phi) is 4.96. The van der Waals surface area contributed by atoms with Crippen LogP contribution in [0.5, 0.6) is 0 Å². The molecular formula is C16H19N3O2. The zero-order valence-corrected chi connectivity index (χ0v) is 12.1. The number of carbonyl (C=O) groups is 2. The van der Waals surface area contributed by atoms with Gasteiger partial charge in [-0.2, -0.15) is 0 Å². The van der Waals surface area contributed by atoms with E-state index in [9.17, 15) is 9.59 Å². The first-order valence-corrected chi connectivity index (χ1v) is 6.94. The quantitative estimate of drug-likeness (QED) is 0.770. The molecule has 1 fully saturated rings. The van der Waals surface area contributed by atoms with Crippen molar-refractivity contribution in [3.63, 3.8) is 0 Å². The predicted molar refractivity (Wildman–Crippen MR) is 80.5 cm³/mol. The molecule has 1 aromatic rings. The number of piperidine rings is 1. The summed E-state index contributed by atoms with van der Waals surface area (Å²) in [4.78, 5) is 25.3. The van der Waals surface area contributed by atoms with Crippen LogP contribution in [0.3, 0.4) is 0 Å². The minimum atomic E-state index is -0.140. The van der Waals surface area contributed by atoms with Crippen LogP contribution in [-0.4, -0.2) is 42.9 Å². The van der Waals surface area contributed by atoms with E-state index in [-0.39, 0.29) is 17.9 Å². The Bertz CT molecular complexity index is 601. The number of amides is 2. The van der Waals surface area contributed by atoms with Crippen molar-refractivity contribution in [1.29, 1.82) is 0 Å². The van der Waals surface area contributed by atoms with Crippen molar-refractivity contribution in [2.45, 2.75) is 18.9 Å². The molecule has 1 saturated heterocycles. The van der Waals surface area contributed by atoms with Gasteiger partial charge in [0.25, 0.3) is 5.91 Å². The largest absolute Gasteiger partial charge is 0.348 e. The number of hydrogen-bond acceptors (Lipinski definition) is 3. The van der Waals surface area contributed by atoms with Gasteiger partial charge in [-0.1, -0.05) is 17.9 Å². The van der Waals surface area contributed by atoms with Crippen LogP contribution >= 0.6 is 0 Å². The maximum Gasteiger partial charge on any atom is 0.251 e. The number of hydrogen-bond donors (Lipinski definition) is 2. The minimum absolute atomic E-state index is 0.000942. The Labute approximate surface area is 124 Å². The molecule has 0 spiro atoms. The fourth-order valence-corrected chi connectivity index (χ4v) is 2.29. The molecule has 5 heteroatoms. The highest BCUT2D eigenvalue weighted by molar-refractivity contribution is 5.94. The van der Waals surface area contributed by atoms with E-state index in [4.69, 9.17) is 5.73 Å². The van der Waals surface area contributed by atoms with Crippen LogP contribution in [0.15, 0.2) is 24.3 Å². The highest BCUT2D eigenvalue weighted by Crippen LogP contribution is 2.11. The highest BCUT2D eigenvalue weighted by Gasteiger charge is 2.24. The maximum absolute atomic E-state index is 12.2. The van der Waals surface area contributed by atoms with Crippen molar-refractivity contribution in [3.05, 3.63) is 35.4 Å². The van der Waals surface area contributed by atoms with Gasteiger partial charge in [0, 0.05) is 37.2 Å². The van der Waals surface area contributed by atoms with Gasteiger partial charge in [0.2, 0.25) is 5.91 Å². The normalized spacial score (nSPS) is 17.9. The summed E-state index contributed by atoms with van der Waals surface area (Å²) in [6.07, 6.45) is 1.16. The Morgan fingerprint density at radius 3 is 3.05 bits per heavy atom. The predicted octanol–water partition coefficient (Wildman–Crippen LogP) is 0.347. The smallest absolute Gasteiger partial charge is 0.251 e. The van der Waals surface area contributed by atoms with E-state index in [1.807, 2.05) is 6.07 Å². The van der Waals surface area contributed by atoms with E-state index in [1.165, 1.54) is 0 Å². The number of likely N-dealkylation sites (tertiary alicyclic amines) is 1. The van der Waals surface area contributed by atoms with Crippen molar-refractivity contribution in [2.24, 2.45) is 5.73 Å². The van der Waals surface area contributed by atoms with Crippen molar-refractivity contribution in [2.75, 3.05) is 20.1 Å². The average Bonchev–Trinajstić information content (AvgIpc) is 2.49. The van der Waals surface area contributed by atoms with Gasteiger partial charge in [0.15, 0.2) is 0 Å². The minimum Gasteiger partial charge on any atom is -0.348 e. The lowest BCUT2D eigenvalue weighted by molar-refractivity contribution is -0.132. The highest BCUT2D eigenvalue weighted by atomic mass is 16.2. The first kappa shape index (κ1) is 15.1. The lowest BCUT2D eigenvalue weighted by atomic mass is 10.0. The molecule has 2 amide bonds. The summed E-state index contributed by atoms with van der Waals surface area (Å²) in [6.45, 7) is 0.843. The summed E-state index contributed by atoms with van der Waals surface area (Å²) in [6, 6.07) is 7.13. The summed E-state index contributed by atoms with van der Waals surface area (Å²) >= 11 is 0. The second-order valence-corrected chi connectivity index (χ2v) is 5.07. The van der Waals surface area contributed by atoms with Crippen LogP contribution in [0.2, 0.25) is 0 Å². The zero-order chi connectivity index (χ0) is 15.2. The fourth-order valence-electron chi connectivity index (χ4n) is 2.29. The lowest BCUT2D eigenvalue weighted by Crippen LogP contribution is -2.48. The van der Waals surface area contributed by atoms with Gasteiger partial charge < -0.3 is 16.0 Å². The number of carbonyl (C=O) groups excluding carboxylic acids is 2. The molecule has 0 radical (unpaired) electrons. The molecule has 0 bridgehead atoms. The van der Waals surface area contributed by atoms with Crippen molar-refractivity contribution in [1.82, 2.24) is 10.2 Å². The molecule has 0 aromatic heterocycles. The molecule has 1 aliphatic heterocycles. The van der Waals surface area contributed by atoms with E-state index < -0.39 is 0 Å². The maximum atomic E-state index is 12.2. The topological polar surface area (TPSA) is 75.4 Å². The van der Waals surface area contributed by atoms with Crippen molar-refractivity contribution in [3.8, 4) is 11.8 Å². The fraction of sp³-hybridized carbons (Fsp3) is 0.375. The number of nitrogens with one attached hydrogen (secondary N) is 1. The molecule has 1 unspecified atom stereocenters. The Morgan fingerprint density at radius 1 is 1.52 bits per heavy atom. The summed E-state index contributed by atoms with van der Waals surface area (Å²) in [5, 5.41) is 2.96. The molecule has 21 heavy (non-hydrogen) atoms. The first-order chi connectivity index (χ1) is 10.1. The Morgan fingerprint density at radius 2 is 2.33 bits per heavy atom. The van der Waals surface area contributed by atoms with Crippen LogP contribution in [-0.2, 0) is 4.79 Å².